The summed E-state index contributed by atoms with van der Waals surface area (Å²) in [7, 11) is 0. The van der Waals surface area contributed by atoms with Crippen molar-refractivity contribution in [2.24, 2.45) is 23.7 Å². The fourth-order valence-electron chi connectivity index (χ4n) is 6.21. The van der Waals surface area contributed by atoms with Gasteiger partial charge in [-0.25, -0.2) is 0 Å². The molecule has 0 N–H and O–H groups in total. The largest absolute Gasteiger partial charge is 0.459 e. The lowest BCUT2D eigenvalue weighted by Gasteiger charge is -2.50. The molecule has 3 aliphatic rings. The molecule has 3 rings (SSSR count). The van der Waals surface area contributed by atoms with Crippen LogP contribution in [0.3, 0.4) is 0 Å². The molecule has 30 heavy (non-hydrogen) atoms. The monoisotopic (exact) mass is 420 g/mol. The molecule has 0 aromatic heterocycles. The smallest absolute Gasteiger partial charge is 0.303 e. The number of ketones is 1. The molecule has 0 radical (unpaired) electrons. The number of hydrogen-bond acceptors (Lipinski definition) is 6. The molecule has 7 unspecified atom stereocenters. The average molecular weight is 421 g/mol. The van der Waals surface area contributed by atoms with Gasteiger partial charge < -0.3 is 14.2 Å². The third-order valence-corrected chi connectivity index (χ3v) is 7.51. The number of allylic oxidation sites excluding steroid dienone is 1. The highest BCUT2D eigenvalue weighted by atomic mass is 16.6. The molecule has 1 saturated carbocycles. The summed E-state index contributed by atoms with van der Waals surface area (Å²) in [5, 5.41) is 0. The predicted molar refractivity (Wildman–Crippen MR) is 112 cm³/mol. The van der Waals surface area contributed by atoms with Crippen LogP contribution in [0.15, 0.2) is 11.6 Å². The first-order chi connectivity index (χ1) is 13.9. The third kappa shape index (κ3) is 4.08. The highest BCUT2D eigenvalue weighted by molar-refractivity contribution is 5.94. The summed E-state index contributed by atoms with van der Waals surface area (Å²) in [6.45, 7) is 12.9. The number of hydrogen-bond donors (Lipinski definition) is 0. The Labute approximate surface area is 179 Å². The quantitative estimate of drug-likeness (QED) is 0.642. The molecule has 0 aromatic carbocycles. The van der Waals surface area contributed by atoms with E-state index < -0.39 is 11.2 Å². The second kappa shape index (κ2) is 8.10. The Hall–Kier alpha value is -1.69. The highest BCUT2D eigenvalue weighted by Crippen LogP contribution is 2.57. The second-order valence-electron chi connectivity index (χ2n) is 10.2. The number of ether oxygens (including phenoxy) is 3. The number of fused-ring (bicyclic) bond motifs is 5. The summed E-state index contributed by atoms with van der Waals surface area (Å²) in [5.74, 6) is 0.0301. The first-order valence-corrected chi connectivity index (χ1v) is 11.1. The number of Topliss-reactive ketones (excluding diaryl/α,β-unsaturated/α-hetero) is 1. The Morgan fingerprint density at radius 2 is 1.70 bits per heavy atom. The predicted octanol–water partition coefficient (Wildman–Crippen LogP) is 4.01. The lowest BCUT2D eigenvalue weighted by atomic mass is 9.58. The summed E-state index contributed by atoms with van der Waals surface area (Å²) >= 11 is 0. The standard InChI is InChI=1S/C24H36O6/c1-13(2)17-8-10-23(6,29-15(4)25)21-19-12-14(3)18(27)9-11-24(7,30-16(5)26)22(28-19)20(17)21/h12-13,17,19-22H,8-11H2,1-7H3. The van der Waals surface area contributed by atoms with Crippen molar-refractivity contribution >= 4 is 17.7 Å². The zero-order valence-corrected chi connectivity index (χ0v) is 19.3. The van der Waals surface area contributed by atoms with Gasteiger partial charge >= 0.3 is 11.9 Å². The van der Waals surface area contributed by atoms with Gasteiger partial charge in [0.05, 0.1) is 6.10 Å². The van der Waals surface area contributed by atoms with E-state index in [1.165, 1.54) is 13.8 Å². The Bertz CT molecular complexity index is 755. The minimum absolute atomic E-state index is 0.0338. The molecule has 2 aliphatic heterocycles. The van der Waals surface area contributed by atoms with Gasteiger partial charge in [0.1, 0.15) is 17.3 Å². The molecule has 0 aromatic rings. The lowest BCUT2D eigenvalue weighted by Crippen LogP contribution is -2.56. The molecule has 0 spiro atoms. The van der Waals surface area contributed by atoms with Gasteiger partial charge in [-0.3, -0.25) is 14.4 Å². The van der Waals surface area contributed by atoms with Crippen molar-refractivity contribution in [1.29, 1.82) is 0 Å². The van der Waals surface area contributed by atoms with Crippen LogP contribution in [0.1, 0.15) is 74.1 Å². The molecule has 6 nitrogen and oxygen atoms in total. The number of carbonyl (C=O) groups excluding carboxylic acids is 3. The first kappa shape index (κ1) is 23.0. The van der Waals surface area contributed by atoms with Gasteiger partial charge in [0, 0.05) is 32.1 Å². The molecule has 7 atom stereocenters. The molecule has 2 heterocycles. The molecule has 2 fully saturated rings. The Morgan fingerprint density at radius 3 is 2.27 bits per heavy atom. The second-order valence-corrected chi connectivity index (χ2v) is 10.2. The minimum atomic E-state index is -0.917. The SMILES string of the molecule is CC(=O)OC1(C)CCC(=O)C(C)=CC2OC1C1C(C(C)C)CCC(C)(OC(C)=O)C21. The van der Waals surface area contributed by atoms with Crippen molar-refractivity contribution < 1.29 is 28.6 Å². The summed E-state index contributed by atoms with van der Waals surface area (Å²) < 4.78 is 18.4. The van der Waals surface area contributed by atoms with Crippen molar-refractivity contribution in [1.82, 2.24) is 0 Å². The van der Waals surface area contributed by atoms with Crippen LogP contribution in [0, 0.1) is 23.7 Å². The molecule has 2 bridgehead atoms. The summed E-state index contributed by atoms with van der Waals surface area (Å²) in [4.78, 5) is 36.7. The van der Waals surface area contributed by atoms with E-state index in [2.05, 4.69) is 13.8 Å². The molecule has 0 amide bonds. The first-order valence-electron chi connectivity index (χ1n) is 11.1. The molecule has 1 aliphatic carbocycles. The van der Waals surface area contributed by atoms with Crippen molar-refractivity contribution in [2.45, 2.75) is 97.6 Å². The van der Waals surface area contributed by atoms with Gasteiger partial charge in [0.2, 0.25) is 0 Å². The maximum atomic E-state index is 12.7. The average Bonchev–Trinajstić information content (AvgIpc) is 3.00. The van der Waals surface area contributed by atoms with Crippen LogP contribution in [0.5, 0.6) is 0 Å². The van der Waals surface area contributed by atoms with Crippen LogP contribution < -0.4 is 0 Å². The van der Waals surface area contributed by atoms with E-state index in [1.54, 1.807) is 0 Å². The van der Waals surface area contributed by atoms with Gasteiger partial charge in [-0.15, -0.1) is 0 Å². The van der Waals surface area contributed by atoms with Gasteiger partial charge in [-0.1, -0.05) is 13.8 Å². The molecular formula is C24H36O6. The van der Waals surface area contributed by atoms with E-state index >= 15 is 0 Å². The van der Waals surface area contributed by atoms with Gasteiger partial charge in [0.25, 0.3) is 0 Å². The summed E-state index contributed by atoms with van der Waals surface area (Å²) in [6, 6.07) is 0. The Morgan fingerprint density at radius 1 is 1.10 bits per heavy atom. The fourth-order valence-corrected chi connectivity index (χ4v) is 6.21. The van der Waals surface area contributed by atoms with Crippen LogP contribution in [0.4, 0.5) is 0 Å². The molecule has 6 heteroatoms. The van der Waals surface area contributed by atoms with Gasteiger partial charge in [-0.05, 0) is 63.5 Å². The molecular weight excluding hydrogens is 384 g/mol. The summed E-state index contributed by atoms with van der Waals surface area (Å²) in [5.41, 5.74) is -0.959. The van der Waals surface area contributed by atoms with Crippen molar-refractivity contribution in [2.75, 3.05) is 0 Å². The van der Waals surface area contributed by atoms with Crippen LogP contribution in [-0.2, 0) is 28.6 Å². The number of carbonyl (C=O) groups is 3. The summed E-state index contributed by atoms with van der Waals surface area (Å²) in [6.07, 6.45) is 3.54. The van der Waals surface area contributed by atoms with E-state index in [4.69, 9.17) is 14.2 Å². The van der Waals surface area contributed by atoms with Crippen molar-refractivity contribution in [3.63, 3.8) is 0 Å². The van der Waals surface area contributed by atoms with Crippen LogP contribution in [0.2, 0.25) is 0 Å². The number of esters is 2. The van der Waals surface area contributed by atoms with Crippen molar-refractivity contribution in [3.8, 4) is 0 Å². The third-order valence-electron chi connectivity index (χ3n) is 7.51. The lowest BCUT2D eigenvalue weighted by molar-refractivity contribution is -0.181. The zero-order valence-electron chi connectivity index (χ0n) is 19.3. The zero-order chi connectivity index (χ0) is 22.4. The van der Waals surface area contributed by atoms with Crippen LogP contribution in [0.25, 0.3) is 0 Å². The topological polar surface area (TPSA) is 78.9 Å². The number of rotatable bonds is 3. The van der Waals surface area contributed by atoms with Crippen LogP contribution in [-0.4, -0.2) is 41.1 Å². The maximum Gasteiger partial charge on any atom is 0.303 e. The van der Waals surface area contributed by atoms with Crippen molar-refractivity contribution in [3.05, 3.63) is 11.6 Å². The Kier molecular flexibility index (Phi) is 6.21. The van der Waals surface area contributed by atoms with E-state index in [0.717, 1.165) is 12.8 Å². The molecule has 168 valence electrons. The van der Waals surface area contributed by atoms with E-state index in [1.807, 2.05) is 26.8 Å². The van der Waals surface area contributed by atoms with E-state index in [-0.39, 0.29) is 41.8 Å². The molecule has 1 saturated heterocycles. The normalized spacial score (nSPS) is 41.3. The van der Waals surface area contributed by atoms with E-state index in [9.17, 15) is 14.4 Å². The highest BCUT2D eigenvalue weighted by Gasteiger charge is 2.63. The Balaban J connectivity index is 2.17. The minimum Gasteiger partial charge on any atom is -0.459 e. The maximum absolute atomic E-state index is 12.7. The van der Waals surface area contributed by atoms with Gasteiger partial charge in [-0.2, -0.15) is 0 Å². The van der Waals surface area contributed by atoms with Gasteiger partial charge in [0.15, 0.2) is 5.78 Å². The van der Waals surface area contributed by atoms with E-state index in [0.29, 0.717) is 30.3 Å². The van der Waals surface area contributed by atoms with Crippen LogP contribution >= 0.6 is 0 Å². The fraction of sp³-hybridized carbons (Fsp3) is 0.792.